The van der Waals surface area contributed by atoms with Crippen LogP contribution in [0.25, 0.3) is 67.8 Å². The van der Waals surface area contributed by atoms with E-state index in [1.54, 1.807) is 0 Å². The molecule has 0 saturated carbocycles. The molecule has 0 N–H and O–H groups in total. The SMILES string of the molecule is c1ccc(N(c2ccc3sc4ccccc4c3c2)c2ccc3c4ccccc4n(-c4ccc5sc6ccccc6c5c4)c3c2)cc1. The van der Waals surface area contributed by atoms with Crippen LogP contribution in [0, 0.1) is 0 Å². The van der Waals surface area contributed by atoms with Crippen LogP contribution in [0.1, 0.15) is 0 Å². The van der Waals surface area contributed by atoms with Crippen LogP contribution in [0.4, 0.5) is 17.1 Å². The van der Waals surface area contributed by atoms with Crippen LogP contribution in [0.3, 0.4) is 0 Å². The van der Waals surface area contributed by atoms with Gasteiger partial charge in [0.15, 0.2) is 0 Å². The molecule has 0 unspecified atom stereocenters. The van der Waals surface area contributed by atoms with E-state index in [1.165, 1.54) is 67.8 Å². The van der Waals surface area contributed by atoms with E-state index in [0.29, 0.717) is 0 Å². The first-order chi connectivity index (χ1) is 22.8. The minimum atomic E-state index is 1.13. The molecule has 216 valence electrons. The maximum absolute atomic E-state index is 2.44. The summed E-state index contributed by atoms with van der Waals surface area (Å²) in [5.74, 6) is 0. The highest BCUT2D eigenvalue weighted by atomic mass is 32.1. The van der Waals surface area contributed by atoms with E-state index in [0.717, 1.165) is 17.1 Å². The van der Waals surface area contributed by atoms with E-state index < -0.39 is 0 Å². The molecule has 10 rings (SSSR count). The Balaban J connectivity index is 1.23. The lowest BCUT2D eigenvalue weighted by molar-refractivity contribution is 1.18. The highest BCUT2D eigenvalue weighted by molar-refractivity contribution is 7.26. The molecule has 0 spiro atoms. The monoisotopic (exact) mass is 622 g/mol. The molecule has 0 amide bonds. The third-order valence-corrected chi connectivity index (χ3v) is 11.5. The Morgan fingerprint density at radius 3 is 1.65 bits per heavy atom. The Kier molecular flexibility index (Phi) is 5.65. The largest absolute Gasteiger partial charge is 0.310 e. The summed E-state index contributed by atoms with van der Waals surface area (Å²) in [6, 6.07) is 57.8. The first-order valence-corrected chi connectivity index (χ1v) is 17.1. The second-order valence-corrected chi connectivity index (χ2v) is 13.9. The minimum Gasteiger partial charge on any atom is -0.310 e. The molecule has 0 atom stereocenters. The fourth-order valence-corrected chi connectivity index (χ4v) is 9.28. The normalized spacial score (nSPS) is 11.9. The van der Waals surface area contributed by atoms with Crippen LogP contribution in [0.5, 0.6) is 0 Å². The van der Waals surface area contributed by atoms with Crippen molar-refractivity contribution in [2.24, 2.45) is 0 Å². The van der Waals surface area contributed by atoms with E-state index in [9.17, 15) is 0 Å². The Bertz CT molecular complexity index is 2770. The molecule has 7 aromatic carbocycles. The number of thiophene rings is 2. The van der Waals surface area contributed by atoms with Crippen molar-refractivity contribution >= 4 is 102 Å². The predicted octanol–water partition coefficient (Wildman–Crippen LogP) is 13.0. The summed E-state index contributed by atoms with van der Waals surface area (Å²) in [6.07, 6.45) is 0. The number of hydrogen-bond acceptors (Lipinski definition) is 3. The first-order valence-electron chi connectivity index (χ1n) is 15.5. The fraction of sp³-hybridized carbons (Fsp3) is 0. The predicted molar refractivity (Wildman–Crippen MR) is 201 cm³/mol. The second-order valence-electron chi connectivity index (χ2n) is 11.8. The summed E-state index contributed by atoms with van der Waals surface area (Å²) in [4.78, 5) is 2.39. The molecule has 0 saturated heterocycles. The van der Waals surface area contributed by atoms with Crippen molar-refractivity contribution in [2.45, 2.75) is 0 Å². The lowest BCUT2D eigenvalue weighted by Crippen LogP contribution is -2.09. The summed E-state index contributed by atoms with van der Waals surface area (Å²) in [7, 11) is 0. The van der Waals surface area contributed by atoms with Crippen molar-refractivity contribution < 1.29 is 0 Å². The van der Waals surface area contributed by atoms with Gasteiger partial charge in [0, 0.05) is 73.9 Å². The number of fused-ring (bicyclic) bond motifs is 9. The van der Waals surface area contributed by atoms with Gasteiger partial charge in [0.05, 0.1) is 11.0 Å². The molecule has 2 nitrogen and oxygen atoms in total. The Morgan fingerprint density at radius 2 is 0.891 bits per heavy atom. The standard InChI is InChI=1S/C42H26N2S2/c1-2-10-27(11-3-1)43(28-19-22-41-35(24-28)33-13-5-8-16-39(33)45-41)30-18-21-32-31-12-4-7-15-37(31)44(38(32)26-30)29-20-23-42-36(25-29)34-14-6-9-17-40(34)46-42/h1-26H. The Labute approximate surface area is 273 Å². The minimum absolute atomic E-state index is 1.13. The molecular formula is C42H26N2S2. The lowest BCUT2D eigenvalue weighted by Gasteiger charge is -2.26. The smallest absolute Gasteiger partial charge is 0.0561 e. The van der Waals surface area contributed by atoms with Crippen molar-refractivity contribution in [1.29, 1.82) is 0 Å². The van der Waals surface area contributed by atoms with E-state index >= 15 is 0 Å². The van der Waals surface area contributed by atoms with Gasteiger partial charge in [-0.25, -0.2) is 0 Å². The van der Waals surface area contributed by atoms with Crippen LogP contribution < -0.4 is 4.90 Å². The molecule has 10 aromatic rings. The fourth-order valence-electron chi connectivity index (χ4n) is 7.11. The van der Waals surface area contributed by atoms with Gasteiger partial charge < -0.3 is 9.47 Å². The van der Waals surface area contributed by atoms with Gasteiger partial charge >= 0.3 is 0 Å². The van der Waals surface area contributed by atoms with E-state index in [1.807, 2.05) is 22.7 Å². The zero-order valence-corrected chi connectivity index (χ0v) is 26.4. The van der Waals surface area contributed by atoms with Crippen molar-refractivity contribution in [3.63, 3.8) is 0 Å². The number of aromatic nitrogens is 1. The van der Waals surface area contributed by atoms with E-state index in [-0.39, 0.29) is 0 Å². The number of hydrogen-bond donors (Lipinski definition) is 0. The van der Waals surface area contributed by atoms with E-state index in [4.69, 9.17) is 0 Å². The van der Waals surface area contributed by atoms with Gasteiger partial charge in [0.25, 0.3) is 0 Å². The number of nitrogens with zero attached hydrogens (tertiary/aromatic N) is 2. The molecule has 46 heavy (non-hydrogen) atoms. The summed E-state index contributed by atoms with van der Waals surface area (Å²) >= 11 is 3.72. The zero-order valence-electron chi connectivity index (χ0n) is 24.7. The maximum atomic E-state index is 2.44. The molecule has 0 bridgehead atoms. The van der Waals surface area contributed by atoms with Crippen LogP contribution in [-0.2, 0) is 0 Å². The molecular weight excluding hydrogens is 597 g/mol. The van der Waals surface area contributed by atoms with Crippen molar-refractivity contribution in [3.05, 3.63) is 158 Å². The van der Waals surface area contributed by atoms with E-state index in [2.05, 4.69) is 167 Å². The third-order valence-electron chi connectivity index (χ3n) is 9.17. The van der Waals surface area contributed by atoms with Crippen LogP contribution in [-0.4, -0.2) is 4.57 Å². The number of para-hydroxylation sites is 2. The van der Waals surface area contributed by atoms with Gasteiger partial charge in [-0.3, -0.25) is 0 Å². The summed E-state index contributed by atoms with van der Waals surface area (Å²) in [6.45, 7) is 0. The second kappa shape index (κ2) is 10.0. The van der Waals surface area contributed by atoms with Crippen molar-refractivity contribution in [2.75, 3.05) is 4.90 Å². The third kappa shape index (κ3) is 3.87. The quantitative estimate of drug-likeness (QED) is 0.190. The maximum Gasteiger partial charge on any atom is 0.0561 e. The number of benzene rings is 7. The molecule has 0 aliphatic carbocycles. The Hall–Kier alpha value is -5.42. The van der Waals surface area contributed by atoms with Gasteiger partial charge in [0.1, 0.15) is 0 Å². The summed E-state index contributed by atoms with van der Waals surface area (Å²) in [5.41, 5.74) is 7.00. The highest BCUT2D eigenvalue weighted by Gasteiger charge is 2.19. The summed E-state index contributed by atoms with van der Waals surface area (Å²) < 4.78 is 7.72. The molecule has 0 fully saturated rings. The Morgan fingerprint density at radius 1 is 0.348 bits per heavy atom. The first kappa shape index (κ1) is 25.9. The van der Waals surface area contributed by atoms with Crippen molar-refractivity contribution in [1.82, 2.24) is 4.57 Å². The van der Waals surface area contributed by atoms with Gasteiger partial charge in [-0.1, -0.05) is 78.9 Å². The van der Waals surface area contributed by atoms with Gasteiger partial charge in [0.2, 0.25) is 0 Å². The molecule has 3 heterocycles. The van der Waals surface area contributed by atoms with Crippen molar-refractivity contribution in [3.8, 4) is 5.69 Å². The molecule has 4 heteroatoms. The van der Waals surface area contributed by atoms with Crippen LogP contribution in [0.15, 0.2) is 158 Å². The number of rotatable bonds is 4. The van der Waals surface area contributed by atoms with Gasteiger partial charge in [-0.15, -0.1) is 22.7 Å². The zero-order chi connectivity index (χ0) is 30.2. The average molecular weight is 623 g/mol. The highest BCUT2D eigenvalue weighted by Crippen LogP contribution is 2.43. The van der Waals surface area contributed by atoms with Crippen LogP contribution >= 0.6 is 22.7 Å². The van der Waals surface area contributed by atoms with Gasteiger partial charge in [-0.2, -0.15) is 0 Å². The van der Waals surface area contributed by atoms with Crippen LogP contribution in [0.2, 0.25) is 0 Å². The topological polar surface area (TPSA) is 8.17 Å². The number of anilines is 3. The molecule has 3 aromatic heterocycles. The molecule has 0 aliphatic rings. The molecule has 0 radical (unpaired) electrons. The van der Waals surface area contributed by atoms with Gasteiger partial charge in [-0.05, 0) is 78.9 Å². The average Bonchev–Trinajstić information content (AvgIpc) is 3.78. The molecule has 0 aliphatic heterocycles. The summed E-state index contributed by atoms with van der Waals surface area (Å²) in [5, 5.41) is 7.74. The lowest BCUT2D eigenvalue weighted by atomic mass is 10.1.